The minimum Gasteiger partial charge on any atom is -0.378 e. The van der Waals surface area contributed by atoms with Crippen LogP contribution in [0.2, 0.25) is 0 Å². The Labute approximate surface area is 155 Å². The minimum absolute atomic E-state index is 0.161. The van der Waals surface area contributed by atoms with Crippen LogP contribution in [-0.2, 0) is 5.41 Å². The van der Waals surface area contributed by atoms with Crippen molar-refractivity contribution in [1.82, 2.24) is 0 Å². The van der Waals surface area contributed by atoms with E-state index in [1.165, 1.54) is 22.4 Å². The van der Waals surface area contributed by atoms with E-state index in [1.807, 2.05) is 0 Å². The van der Waals surface area contributed by atoms with E-state index in [9.17, 15) is 0 Å². The van der Waals surface area contributed by atoms with Crippen LogP contribution in [0.4, 0.5) is 5.69 Å². The topological polar surface area (TPSA) is 12.0 Å². The van der Waals surface area contributed by atoms with Gasteiger partial charge in [-0.15, -0.1) is 0 Å². The molecule has 0 fully saturated rings. The lowest BCUT2D eigenvalue weighted by atomic mass is 9.56. The Morgan fingerprint density at radius 1 is 0.846 bits per heavy atom. The summed E-state index contributed by atoms with van der Waals surface area (Å²) in [5, 5.41) is 3.77. The van der Waals surface area contributed by atoms with Gasteiger partial charge in [-0.25, -0.2) is 0 Å². The summed E-state index contributed by atoms with van der Waals surface area (Å²) in [5.41, 5.74) is 5.27. The third-order valence-electron chi connectivity index (χ3n) is 5.99. The number of para-hydroxylation sites is 1. The largest absolute Gasteiger partial charge is 0.378 e. The van der Waals surface area contributed by atoms with Gasteiger partial charge >= 0.3 is 0 Å². The van der Waals surface area contributed by atoms with E-state index in [-0.39, 0.29) is 5.41 Å². The van der Waals surface area contributed by atoms with E-state index in [2.05, 4.69) is 102 Å². The summed E-state index contributed by atoms with van der Waals surface area (Å²) < 4.78 is 0. The fraction of sp³-hybridized carbons (Fsp3) is 0.200. The van der Waals surface area contributed by atoms with Crippen LogP contribution in [0.25, 0.3) is 0 Å². The molecular weight excluding hydrogens is 314 g/mol. The first-order valence-corrected chi connectivity index (χ1v) is 9.54. The van der Waals surface area contributed by atoms with E-state index in [0.29, 0.717) is 12.0 Å². The number of hydrogen-bond donors (Lipinski definition) is 1. The molecule has 3 unspecified atom stereocenters. The van der Waals surface area contributed by atoms with Gasteiger partial charge < -0.3 is 5.32 Å². The van der Waals surface area contributed by atoms with Crippen molar-refractivity contribution in [3.63, 3.8) is 0 Å². The van der Waals surface area contributed by atoms with Crippen molar-refractivity contribution in [2.75, 3.05) is 5.32 Å². The quantitative estimate of drug-likeness (QED) is 0.732. The molecule has 2 aromatic carbocycles. The molecule has 1 heterocycles. The van der Waals surface area contributed by atoms with Gasteiger partial charge in [0.15, 0.2) is 0 Å². The molecule has 1 nitrogen and oxygen atoms in total. The molecule has 0 radical (unpaired) electrons. The molecule has 1 N–H and O–H groups in total. The van der Waals surface area contributed by atoms with Gasteiger partial charge in [0.1, 0.15) is 0 Å². The predicted molar refractivity (Wildman–Crippen MR) is 109 cm³/mol. The van der Waals surface area contributed by atoms with Crippen molar-refractivity contribution in [3.05, 3.63) is 114 Å². The highest BCUT2D eigenvalue weighted by atomic mass is 15.0. The van der Waals surface area contributed by atoms with Gasteiger partial charge in [0, 0.05) is 11.6 Å². The summed E-state index contributed by atoms with van der Waals surface area (Å²) in [6.45, 7) is 0. The van der Waals surface area contributed by atoms with Crippen molar-refractivity contribution >= 4 is 5.69 Å². The zero-order valence-electron chi connectivity index (χ0n) is 14.8. The molecule has 5 rings (SSSR count). The first-order valence-electron chi connectivity index (χ1n) is 9.54. The number of rotatable bonds is 2. The highest BCUT2D eigenvalue weighted by molar-refractivity contribution is 5.69. The molecular formula is C25H23N. The standard InChI is InChI=1S/C25H23N/c1-3-11-19(12-4-1)25(20-13-5-2-6-14-20)21-15-7-9-17-23(21)26-24-18-10-8-16-22(24)25/h1,3-5,7-18,21,23,26H,2,6H2. The van der Waals surface area contributed by atoms with Gasteiger partial charge in [-0.2, -0.15) is 0 Å². The van der Waals surface area contributed by atoms with Crippen LogP contribution in [0.5, 0.6) is 0 Å². The summed E-state index contributed by atoms with van der Waals surface area (Å²) >= 11 is 0. The second kappa shape index (κ2) is 6.17. The third kappa shape index (κ3) is 2.17. The maximum absolute atomic E-state index is 3.77. The van der Waals surface area contributed by atoms with E-state index in [0.717, 1.165) is 12.8 Å². The number of allylic oxidation sites excluding steroid dienone is 6. The Morgan fingerprint density at radius 3 is 2.50 bits per heavy atom. The Hall–Kier alpha value is -2.80. The first-order chi connectivity index (χ1) is 12.9. The Bertz CT molecular complexity index is 932. The maximum atomic E-state index is 3.77. The Kier molecular flexibility index (Phi) is 3.67. The van der Waals surface area contributed by atoms with Crippen LogP contribution in [0.3, 0.4) is 0 Å². The average Bonchev–Trinajstić information content (AvgIpc) is 2.73. The summed E-state index contributed by atoms with van der Waals surface area (Å²) in [4.78, 5) is 0. The third-order valence-corrected chi connectivity index (χ3v) is 5.99. The molecule has 0 spiro atoms. The van der Waals surface area contributed by atoms with Gasteiger partial charge in [-0.05, 0) is 35.6 Å². The van der Waals surface area contributed by atoms with Crippen molar-refractivity contribution in [1.29, 1.82) is 0 Å². The van der Waals surface area contributed by atoms with Gasteiger partial charge in [-0.3, -0.25) is 0 Å². The van der Waals surface area contributed by atoms with Crippen LogP contribution in [0, 0.1) is 5.92 Å². The summed E-state index contributed by atoms with van der Waals surface area (Å²) in [6.07, 6.45) is 18.5. The smallest absolute Gasteiger partial charge is 0.0553 e. The van der Waals surface area contributed by atoms with E-state index < -0.39 is 0 Å². The van der Waals surface area contributed by atoms with Gasteiger partial charge in [0.25, 0.3) is 0 Å². The van der Waals surface area contributed by atoms with Crippen LogP contribution in [-0.4, -0.2) is 6.04 Å². The SMILES string of the molecule is C1=CC2Nc3ccccc3C(C3=CCCC=C3)(c3ccccc3)C2C=C1. The number of hydrogen-bond acceptors (Lipinski definition) is 1. The van der Waals surface area contributed by atoms with E-state index in [4.69, 9.17) is 0 Å². The summed E-state index contributed by atoms with van der Waals surface area (Å²) in [7, 11) is 0. The molecule has 0 saturated carbocycles. The van der Waals surface area contributed by atoms with E-state index in [1.54, 1.807) is 0 Å². The van der Waals surface area contributed by atoms with Crippen molar-refractivity contribution in [2.24, 2.45) is 5.92 Å². The highest BCUT2D eigenvalue weighted by Gasteiger charge is 2.50. The molecule has 2 aliphatic carbocycles. The molecule has 3 atom stereocenters. The molecule has 0 bridgehead atoms. The summed E-state index contributed by atoms with van der Waals surface area (Å²) in [5.74, 6) is 0.346. The number of benzene rings is 2. The molecule has 3 aliphatic rings. The lowest BCUT2D eigenvalue weighted by Gasteiger charge is -2.50. The minimum atomic E-state index is -0.161. The Balaban J connectivity index is 1.87. The fourth-order valence-electron chi connectivity index (χ4n) is 4.94. The lowest BCUT2D eigenvalue weighted by molar-refractivity contribution is 0.404. The van der Waals surface area contributed by atoms with Crippen molar-refractivity contribution in [3.8, 4) is 0 Å². The monoisotopic (exact) mass is 337 g/mol. The maximum Gasteiger partial charge on any atom is 0.0553 e. The zero-order valence-corrected chi connectivity index (χ0v) is 14.8. The average molecular weight is 337 g/mol. The van der Waals surface area contributed by atoms with Crippen LogP contribution < -0.4 is 5.32 Å². The van der Waals surface area contributed by atoms with Gasteiger partial charge in [0.2, 0.25) is 0 Å². The Morgan fingerprint density at radius 2 is 1.65 bits per heavy atom. The first kappa shape index (κ1) is 15.5. The second-order valence-electron chi connectivity index (χ2n) is 7.32. The molecule has 1 heteroatoms. The van der Waals surface area contributed by atoms with Crippen LogP contribution >= 0.6 is 0 Å². The highest BCUT2D eigenvalue weighted by Crippen LogP contribution is 2.54. The molecule has 2 aromatic rings. The second-order valence-corrected chi connectivity index (χ2v) is 7.32. The summed E-state index contributed by atoms with van der Waals surface area (Å²) in [6, 6.07) is 20.2. The predicted octanol–water partition coefficient (Wildman–Crippen LogP) is 5.79. The fourth-order valence-corrected chi connectivity index (χ4v) is 4.94. The van der Waals surface area contributed by atoms with Crippen LogP contribution in [0.1, 0.15) is 24.0 Å². The van der Waals surface area contributed by atoms with Crippen molar-refractivity contribution in [2.45, 2.75) is 24.3 Å². The molecule has 0 amide bonds. The van der Waals surface area contributed by atoms with Gasteiger partial charge in [-0.1, -0.05) is 91.1 Å². The molecule has 128 valence electrons. The molecule has 0 saturated heterocycles. The van der Waals surface area contributed by atoms with Crippen molar-refractivity contribution < 1.29 is 0 Å². The molecule has 26 heavy (non-hydrogen) atoms. The number of fused-ring (bicyclic) bond motifs is 2. The normalized spacial score (nSPS) is 28.7. The lowest BCUT2D eigenvalue weighted by Crippen LogP contribution is -2.50. The van der Waals surface area contributed by atoms with E-state index >= 15 is 0 Å². The number of nitrogens with one attached hydrogen (secondary N) is 1. The molecule has 1 aliphatic heterocycles. The molecule has 0 aromatic heterocycles. The van der Waals surface area contributed by atoms with Gasteiger partial charge in [0.05, 0.1) is 11.5 Å². The number of anilines is 1. The van der Waals surface area contributed by atoms with Crippen LogP contribution in [0.15, 0.2) is 103 Å². The zero-order chi connectivity index (χ0) is 17.4.